The van der Waals surface area contributed by atoms with Gasteiger partial charge in [0.25, 0.3) is 11.8 Å². The highest BCUT2D eigenvalue weighted by Crippen LogP contribution is 2.26. The van der Waals surface area contributed by atoms with Gasteiger partial charge in [-0.1, -0.05) is 24.3 Å². The molecule has 6 heterocycles. The fourth-order valence-electron chi connectivity index (χ4n) is 6.25. The molecule has 0 saturated heterocycles. The van der Waals surface area contributed by atoms with Gasteiger partial charge in [0, 0.05) is 36.6 Å². The molecule has 0 radical (unpaired) electrons. The third-order valence-electron chi connectivity index (χ3n) is 8.75. The second kappa shape index (κ2) is 12.9. The average molecular weight is 707 g/mol. The number of primary amides is 2. The van der Waals surface area contributed by atoms with E-state index in [0.717, 1.165) is 16.6 Å². The van der Waals surface area contributed by atoms with Crippen LogP contribution < -0.4 is 22.1 Å². The lowest BCUT2D eigenvalue weighted by Gasteiger charge is -2.10. The van der Waals surface area contributed by atoms with Crippen molar-refractivity contribution in [3.63, 3.8) is 0 Å². The zero-order chi connectivity index (χ0) is 36.8. The van der Waals surface area contributed by atoms with E-state index in [-0.39, 0.29) is 47.5 Å². The van der Waals surface area contributed by atoms with Crippen LogP contribution in [0.5, 0.6) is 0 Å². The molecule has 0 aliphatic rings. The molecule has 0 spiro atoms. The third kappa shape index (κ3) is 6.09. The molecule has 4 amide bonds. The molecule has 262 valence electrons. The molecule has 0 bridgehead atoms. The standard InChI is InChI=1S/C37H30N12O4/c1-21-16-23(33(39)51)18-27-31(21)47(37(41-27)43-35(53)29-20-25-9-3-5-15-49(25)45-29)13-7-6-12-46-30-11-10-22(32(38)50)17-26(30)40-36(46)42-34(52)28-19-24-8-2-4-14-48(24)44-28/h2-11,14-20H,12-13H2,1H3,(H2,38,50)(H2,39,51)(H,40,42,52)(H,41,43,53)/b7-6+. The van der Waals surface area contributed by atoms with Gasteiger partial charge in [-0.3, -0.25) is 29.8 Å². The van der Waals surface area contributed by atoms with Crippen molar-refractivity contribution >= 4 is 68.6 Å². The number of hydrogen-bond donors (Lipinski definition) is 4. The van der Waals surface area contributed by atoms with E-state index in [9.17, 15) is 19.2 Å². The largest absolute Gasteiger partial charge is 0.366 e. The Bertz CT molecular complexity index is 2750. The second-order valence-corrected chi connectivity index (χ2v) is 12.3. The van der Waals surface area contributed by atoms with E-state index in [0.29, 0.717) is 22.1 Å². The van der Waals surface area contributed by atoms with Crippen molar-refractivity contribution < 1.29 is 19.2 Å². The van der Waals surface area contributed by atoms with Crippen molar-refractivity contribution in [3.8, 4) is 0 Å². The molecule has 16 nitrogen and oxygen atoms in total. The average Bonchev–Trinajstić information content (AvgIpc) is 3.92. The predicted molar refractivity (Wildman–Crippen MR) is 197 cm³/mol. The molecule has 6 N–H and O–H groups in total. The number of anilines is 2. The Balaban J connectivity index is 1.11. The fourth-order valence-corrected chi connectivity index (χ4v) is 6.25. The number of imidazole rings is 2. The minimum absolute atomic E-state index is 0.197. The van der Waals surface area contributed by atoms with Crippen LogP contribution in [-0.2, 0) is 13.1 Å². The molecule has 53 heavy (non-hydrogen) atoms. The van der Waals surface area contributed by atoms with Crippen LogP contribution in [0.25, 0.3) is 33.1 Å². The summed E-state index contributed by atoms with van der Waals surface area (Å²) in [6.45, 7) is 2.35. The van der Waals surface area contributed by atoms with Gasteiger partial charge in [0.1, 0.15) is 0 Å². The Morgan fingerprint density at radius 1 is 0.660 bits per heavy atom. The van der Waals surface area contributed by atoms with E-state index in [1.165, 1.54) is 0 Å². The van der Waals surface area contributed by atoms with Crippen LogP contribution in [0, 0.1) is 6.92 Å². The fraction of sp³-hybridized carbons (Fsp3) is 0.0811. The number of aromatic nitrogens is 8. The van der Waals surface area contributed by atoms with E-state index in [2.05, 4.69) is 30.8 Å². The number of hydrogen-bond acceptors (Lipinski definition) is 8. The lowest BCUT2D eigenvalue weighted by molar-refractivity contribution is 0.0992. The highest BCUT2D eigenvalue weighted by Gasteiger charge is 2.20. The summed E-state index contributed by atoms with van der Waals surface area (Å²) in [5.41, 5.74) is 16.6. The molecule has 0 fully saturated rings. The number of benzene rings is 2. The molecule has 2 aromatic carbocycles. The first-order valence-corrected chi connectivity index (χ1v) is 16.4. The lowest BCUT2D eigenvalue weighted by atomic mass is 10.1. The molecule has 0 aliphatic carbocycles. The van der Waals surface area contributed by atoms with Gasteiger partial charge in [-0.2, -0.15) is 10.2 Å². The minimum atomic E-state index is -0.605. The maximum atomic E-state index is 13.4. The molecule has 6 aromatic heterocycles. The van der Waals surface area contributed by atoms with Crippen LogP contribution in [0.3, 0.4) is 0 Å². The minimum Gasteiger partial charge on any atom is -0.366 e. The number of amides is 4. The third-order valence-corrected chi connectivity index (χ3v) is 8.75. The summed E-state index contributed by atoms with van der Waals surface area (Å²) in [6, 6.07) is 22.5. The summed E-state index contributed by atoms with van der Waals surface area (Å²) in [5, 5.41) is 14.5. The van der Waals surface area contributed by atoms with Crippen molar-refractivity contribution in [3.05, 3.63) is 131 Å². The van der Waals surface area contributed by atoms with Crippen LogP contribution >= 0.6 is 0 Å². The number of carbonyl (C=O) groups is 4. The van der Waals surface area contributed by atoms with Crippen LogP contribution in [0.15, 0.2) is 103 Å². The Morgan fingerprint density at radius 2 is 1.21 bits per heavy atom. The number of nitrogens with zero attached hydrogens (tertiary/aromatic N) is 8. The van der Waals surface area contributed by atoms with E-state index < -0.39 is 23.6 Å². The van der Waals surface area contributed by atoms with E-state index >= 15 is 0 Å². The molecule has 0 saturated carbocycles. The highest BCUT2D eigenvalue weighted by atomic mass is 16.2. The van der Waals surface area contributed by atoms with Gasteiger partial charge in [0.15, 0.2) is 11.4 Å². The van der Waals surface area contributed by atoms with Crippen LogP contribution in [0.1, 0.15) is 47.3 Å². The number of aryl methyl sites for hydroxylation is 1. The van der Waals surface area contributed by atoms with E-state index in [1.54, 1.807) is 68.5 Å². The molecular formula is C37H30N12O4. The van der Waals surface area contributed by atoms with Crippen molar-refractivity contribution in [2.45, 2.75) is 20.0 Å². The topological polar surface area (TPSA) is 215 Å². The van der Waals surface area contributed by atoms with E-state index in [4.69, 9.17) is 11.5 Å². The summed E-state index contributed by atoms with van der Waals surface area (Å²) in [6.07, 6.45) is 7.24. The molecule has 8 rings (SSSR count). The second-order valence-electron chi connectivity index (χ2n) is 12.3. The Kier molecular flexibility index (Phi) is 7.95. The Labute approximate surface area is 299 Å². The number of allylic oxidation sites excluding steroid dienone is 2. The summed E-state index contributed by atoms with van der Waals surface area (Å²) in [5.74, 6) is -1.66. The Morgan fingerprint density at radius 3 is 1.79 bits per heavy atom. The van der Waals surface area contributed by atoms with Gasteiger partial charge in [0.05, 0.1) is 33.1 Å². The molecule has 8 aromatic rings. The van der Waals surface area contributed by atoms with Gasteiger partial charge in [-0.05, 0) is 79.2 Å². The number of rotatable bonds is 10. The zero-order valence-corrected chi connectivity index (χ0v) is 28.1. The van der Waals surface area contributed by atoms with Crippen LogP contribution in [0.4, 0.5) is 11.9 Å². The zero-order valence-electron chi connectivity index (χ0n) is 28.1. The quantitative estimate of drug-likeness (QED) is 0.152. The molecular weight excluding hydrogens is 676 g/mol. The normalized spacial score (nSPS) is 11.6. The first-order valence-electron chi connectivity index (χ1n) is 16.4. The summed E-state index contributed by atoms with van der Waals surface area (Å²) in [7, 11) is 0. The van der Waals surface area contributed by atoms with Gasteiger partial charge < -0.3 is 20.6 Å². The van der Waals surface area contributed by atoms with Gasteiger partial charge >= 0.3 is 0 Å². The number of pyridine rings is 2. The summed E-state index contributed by atoms with van der Waals surface area (Å²) in [4.78, 5) is 60.0. The Hall–Kier alpha value is -7.62. The van der Waals surface area contributed by atoms with E-state index in [1.807, 2.05) is 60.0 Å². The first-order chi connectivity index (χ1) is 25.6. The smallest absolute Gasteiger partial charge is 0.278 e. The summed E-state index contributed by atoms with van der Waals surface area (Å²) < 4.78 is 6.81. The first kappa shape index (κ1) is 32.6. The van der Waals surface area contributed by atoms with Crippen molar-refractivity contribution in [2.75, 3.05) is 10.6 Å². The van der Waals surface area contributed by atoms with Crippen LogP contribution in [0.2, 0.25) is 0 Å². The van der Waals surface area contributed by atoms with Crippen molar-refractivity contribution in [1.82, 2.24) is 38.3 Å². The van der Waals surface area contributed by atoms with Gasteiger partial charge in [-0.25, -0.2) is 19.0 Å². The summed E-state index contributed by atoms with van der Waals surface area (Å²) >= 11 is 0. The number of fused-ring (bicyclic) bond motifs is 4. The predicted octanol–water partition coefficient (Wildman–Crippen LogP) is 3.95. The highest BCUT2D eigenvalue weighted by molar-refractivity contribution is 6.05. The number of nitrogens with two attached hydrogens (primary N) is 2. The maximum Gasteiger partial charge on any atom is 0.278 e. The monoisotopic (exact) mass is 706 g/mol. The molecule has 0 atom stereocenters. The number of carbonyl (C=O) groups excluding carboxylic acids is 4. The SMILES string of the molecule is Cc1cc(C(N)=O)cc2nc(NC(=O)c3cc4ccccn4n3)n(C/C=C/Cn3c(NC(=O)c4cc5ccccn5n4)nc4cc(C(N)=O)ccc43)c12. The maximum absolute atomic E-state index is 13.4. The lowest BCUT2D eigenvalue weighted by Crippen LogP contribution is -2.17. The van der Waals surface area contributed by atoms with Gasteiger partial charge in [-0.15, -0.1) is 0 Å². The van der Waals surface area contributed by atoms with Crippen LogP contribution in [-0.4, -0.2) is 62.0 Å². The van der Waals surface area contributed by atoms with Crippen molar-refractivity contribution in [2.24, 2.45) is 11.5 Å². The molecule has 0 unspecified atom stereocenters. The molecule has 16 heteroatoms. The van der Waals surface area contributed by atoms with Gasteiger partial charge in [0.2, 0.25) is 23.7 Å². The van der Waals surface area contributed by atoms with Crippen molar-refractivity contribution in [1.29, 1.82) is 0 Å². The number of nitrogens with one attached hydrogen (secondary N) is 2. The molecule has 0 aliphatic heterocycles.